The zero-order chi connectivity index (χ0) is 10.4. The molecule has 1 aromatic carbocycles. The van der Waals surface area contributed by atoms with Gasteiger partial charge in [0.05, 0.1) is 7.11 Å². The van der Waals surface area contributed by atoms with Crippen molar-refractivity contribution >= 4 is 17.8 Å². The lowest BCUT2D eigenvalue weighted by atomic mass is 10.2. The molecule has 76 valence electrons. The van der Waals surface area contributed by atoms with Gasteiger partial charge in [-0.3, -0.25) is 0 Å². The molecule has 0 heterocycles. The Morgan fingerprint density at radius 2 is 2.29 bits per heavy atom. The van der Waals surface area contributed by atoms with E-state index < -0.39 is 0 Å². The second kappa shape index (κ2) is 5.73. The summed E-state index contributed by atoms with van der Waals surface area (Å²) in [7, 11) is 1.69. The summed E-state index contributed by atoms with van der Waals surface area (Å²) < 4.78 is 5.27. The zero-order valence-corrected chi connectivity index (χ0v) is 9.30. The zero-order valence-electron chi connectivity index (χ0n) is 8.49. The van der Waals surface area contributed by atoms with Gasteiger partial charge >= 0.3 is 0 Å². The second-order valence-electron chi connectivity index (χ2n) is 2.75. The van der Waals surface area contributed by atoms with E-state index in [2.05, 4.69) is 12.1 Å². The number of hydrogen-bond acceptors (Lipinski definition) is 3. The first-order chi connectivity index (χ1) is 6.81. The highest BCUT2D eigenvalue weighted by Crippen LogP contribution is 2.28. The van der Waals surface area contributed by atoms with Crippen LogP contribution < -0.4 is 10.5 Å². The molecule has 0 bridgehead atoms. The fraction of sp³-hybridized carbons (Fsp3) is 0.273. The van der Waals surface area contributed by atoms with Gasteiger partial charge in [-0.15, -0.1) is 11.8 Å². The van der Waals surface area contributed by atoms with Gasteiger partial charge in [0.2, 0.25) is 0 Å². The van der Waals surface area contributed by atoms with Crippen LogP contribution in [0.2, 0.25) is 0 Å². The summed E-state index contributed by atoms with van der Waals surface area (Å²) in [6, 6.07) is 6.12. The molecule has 0 aliphatic heterocycles. The van der Waals surface area contributed by atoms with Gasteiger partial charge in [0, 0.05) is 11.4 Å². The number of methoxy groups -OCH3 is 1. The molecule has 1 aromatic rings. The predicted molar refractivity (Wildman–Crippen MR) is 62.9 cm³/mol. The lowest BCUT2D eigenvalue weighted by Gasteiger charge is -2.06. The minimum atomic E-state index is 0.562. The molecule has 0 spiro atoms. The SMILES string of the molecule is COc1cc(/C=C/CN)ccc1SC. The van der Waals surface area contributed by atoms with Crippen LogP contribution in [0.4, 0.5) is 0 Å². The first-order valence-corrected chi connectivity index (χ1v) is 5.63. The quantitative estimate of drug-likeness (QED) is 0.773. The molecular weight excluding hydrogens is 194 g/mol. The van der Waals surface area contributed by atoms with Crippen LogP contribution >= 0.6 is 11.8 Å². The van der Waals surface area contributed by atoms with Crippen LogP contribution in [0.1, 0.15) is 5.56 Å². The largest absolute Gasteiger partial charge is 0.496 e. The third-order valence-electron chi connectivity index (χ3n) is 1.85. The number of hydrogen-bond donors (Lipinski definition) is 1. The molecule has 14 heavy (non-hydrogen) atoms. The van der Waals surface area contributed by atoms with Crippen molar-refractivity contribution in [2.24, 2.45) is 5.73 Å². The van der Waals surface area contributed by atoms with Crippen LogP contribution in [0.3, 0.4) is 0 Å². The van der Waals surface area contributed by atoms with E-state index in [9.17, 15) is 0 Å². The summed E-state index contributed by atoms with van der Waals surface area (Å²) in [6.45, 7) is 0.562. The molecule has 0 aromatic heterocycles. The van der Waals surface area contributed by atoms with E-state index in [1.54, 1.807) is 18.9 Å². The van der Waals surface area contributed by atoms with E-state index in [0.29, 0.717) is 6.54 Å². The van der Waals surface area contributed by atoms with Gasteiger partial charge in [-0.2, -0.15) is 0 Å². The van der Waals surface area contributed by atoms with E-state index in [4.69, 9.17) is 10.5 Å². The number of thioether (sulfide) groups is 1. The monoisotopic (exact) mass is 209 g/mol. The van der Waals surface area contributed by atoms with Crippen molar-refractivity contribution in [3.8, 4) is 5.75 Å². The third kappa shape index (κ3) is 2.79. The number of benzene rings is 1. The van der Waals surface area contributed by atoms with E-state index in [0.717, 1.165) is 16.2 Å². The van der Waals surface area contributed by atoms with Crippen molar-refractivity contribution in [3.05, 3.63) is 29.8 Å². The topological polar surface area (TPSA) is 35.2 Å². The van der Waals surface area contributed by atoms with Crippen molar-refractivity contribution in [1.82, 2.24) is 0 Å². The molecule has 0 fully saturated rings. The van der Waals surface area contributed by atoms with Gasteiger partial charge in [-0.1, -0.05) is 18.2 Å². The van der Waals surface area contributed by atoms with Crippen molar-refractivity contribution in [2.45, 2.75) is 4.90 Å². The van der Waals surface area contributed by atoms with Gasteiger partial charge < -0.3 is 10.5 Å². The second-order valence-corrected chi connectivity index (χ2v) is 3.60. The summed E-state index contributed by atoms with van der Waals surface area (Å²) in [4.78, 5) is 1.15. The van der Waals surface area contributed by atoms with Crippen molar-refractivity contribution < 1.29 is 4.74 Å². The molecule has 0 radical (unpaired) electrons. The highest BCUT2D eigenvalue weighted by Gasteiger charge is 2.00. The molecule has 0 saturated heterocycles. The summed E-state index contributed by atoms with van der Waals surface area (Å²) in [5, 5.41) is 0. The number of nitrogens with two attached hydrogens (primary N) is 1. The van der Waals surface area contributed by atoms with Crippen LogP contribution in [0.25, 0.3) is 6.08 Å². The molecule has 3 heteroatoms. The Kier molecular flexibility index (Phi) is 4.56. The fourth-order valence-electron chi connectivity index (χ4n) is 1.16. The molecule has 1 rings (SSSR count). The van der Waals surface area contributed by atoms with Gasteiger partial charge in [0.1, 0.15) is 5.75 Å². The lowest BCUT2D eigenvalue weighted by Crippen LogP contribution is -1.92. The minimum absolute atomic E-state index is 0.562. The van der Waals surface area contributed by atoms with Gasteiger partial charge in [-0.05, 0) is 24.0 Å². The summed E-state index contributed by atoms with van der Waals surface area (Å²) >= 11 is 1.68. The minimum Gasteiger partial charge on any atom is -0.496 e. The summed E-state index contributed by atoms with van der Waals surface area (Å²) in [5.74, 6) is 0.914. The molecule has 0 unspecified atom stereocenters. The Hall–Kier alpha value is -0.930. The van der Waals surface area contributed by atoms with Gasteiger partial charge in [0.25, 0.3) is 0 Å². The molecule has 0 amide bonds. The molecular formula is C11H15NOS. The smallest absolute Gasteiger partial charge is 0.132 e. The summed E-state index contributed by atoms with van der Waals surface area (Å²) in [5.41, 5.74) is 6.50. The fourth-order valence-corrected chi connectivity index (χ4v) is 1.71. The lowest BCUT2D eigenvalue weighted by molar-refractivity contribution is 0.405. The number of rotatable bonds is 4. The van der Waals surface area contributed by atoms with E-state index in [-0.39, 0.29) is 0 Å². The van der Waals surface area contributed by atoms with E-state index >= 15 is 0 Å². The third-order valence-corrected chi connectivity index (χ3v) is 2.63. The predicted octanol–water partition coefficient (Wildman–Crippen LogP) is 2.39. The highest BCUT2D eigenvalue weighted by molar-refractivity contribution is 7.98. The molecule has 0 aliphatic rings. The molecule has 2 N–H and O–H groups in total. The van der Waals surface area contributed by atoms with Crippen LogP contribution in [0.5, 0.6) is 5.75 Å². The molecule has 0 saturated carbocycles. The highest BCUT2D eigenvalue weighted by atomic mass is 32.2. The van der Waals surface area contributed by atoms with Gasteiger partial charge in [-0.25, -0.2) is 0 Å². The van der Waals surface area contributed by atoms with E-state index in [1.807, 2.05) is 24.5 Å². The average molecular weight is 209 g/mol. The first kappa shape index (κ1) is 11.1. The maximum Gasteiger partial charge on any atom is 0.132 e. The van der Waals surface area contributed by atoms with Crippen LogP contribution in [0.15, 0.2) is 29.2 Å². The van der Waals surface area contributed by atoms with Crippen LogP contribution in [-0.4, -0.2) is 19.9 Å². The average Bonchev–Trinajstić information content (AvgIpc) is 2.25. The normalized spacial score (nSPS) is 10.8. The summed E-state index contributed by atoms with van der Waals surface area (Å²) in [6.07, 6.45) is 5.95. The van der Waals surface area contributed by atoms with Crippen molar-refractivity contribution in [1.29, 1.82) is 0 Å². The van der Waals surface area contributed by atoms with Crippen molar-refractivity contribution in [2.75, 3.05) is 19.9 Å². The van der Waals surface area contributed by atoms with Gasteiger partial charge in [0.15, 0.2) is 0 Å². The molecule has 0 atom stereocenters. The maximum absolute atomic E-state index is 5.38. The standard InChI is InChI=1S/C11H15NOS/c1-13-10-8-9(4-3-7-12)5-6-11(10)14-2/h3-6,8H,7,12H2,1-2H3/b4-3+. The Bertz CT molecular complexity index is 323. The molecule has 0 aliphatic carbocycles. The maximum atomic E-state index is 5.38. The first-order valence-electron chi connectivity index (χ1n) is 4.40. The van der Waals surface area contributed by atoms with E-state index in [1.165, 1.54) is 0 Å². The Labute approximate surface area is 89.1 Å². The number of ether oxygens (including phenoxy) is 1. The Morgan fingerprint density at radius 3 is 2.86 bits per heavy atom. The Morgan fingerprint density at radius 1 is 1.50 bits per heavy atom. The van der Waals surface area contributed by atoms with Crippen LogP contribution in [-0.2, 0) is 0 Å². The van der Waals surface area contributed by atoms with Crippen molar-refractivity contribution in [3.63, 3.8) is 0 Å². The molecule has 2 nitrogen and oxygen atoms in total. The van der Waals surface area contributed by atoms with Crippen LogP contribution in [0, 0.1) is 0 Å². The Balaban J connectivity index is 2.95.